The van der Waals surface area contributed by atoms with Gasteiger partial charge in [-0.15, -0.1) is 11.3 Å². The van der Waals surface area contributed by atoms with E-state index in [-0.39, 0.29) is 0 Å². The van der Waals surface area contributed by atoms with E-state index in [0.29, 0.717) is 5.82 Å². The van der Waals surface area contributed by atoms with Crippen LogP contribution < -0.4 is 11.1 Å². The number of benzene rings is 1. The van der Waals surface area contributed by atoms with E-state index >= 15 is 0 Å². The highest BCUT2D eigenvalue weighted by molar-refractivity contribution is 7.21. The summed E-state index contributed by atoms with van der Waals surface area (Å²) in [5, 5.41) is 10.9. The van der Waals surface area contributed by atoms with Crippen LogP contribution >= 0.6 is 11.3 Å². The van der Waals surface area contributed by atoms with E-state index in [4.69, 9.17) is 5.73 Å². The van der Waals surface area contributed by atoms with Crippen LogP contribution in [0.5, 0.6) is 0 Å². The lowest BCUT2D eigenvalue weighted by Gasteiger charge is -2.00. The van der Waals surface area contributed by atoms with Gasteiger partial charge in [0.15, 0.2) is 0 Å². The maximum atomic E-state index is 5.92. The molecule has 0 bridgehead atoms. The molecule has 3 aromatic rings. The number of hydrogen-bond donors (Lipinski definition) is 3. The summed E-state index contributed by atoms with van der Waals surface area (Å²) in [4.78, 5) is 4.64. The molecule has 20 heavy (non-hydrogen) atoms. The van der Waals surface area contributed by atoms with Gasteiger partial charge in [0.05, 0.1) is 21.5 Å². The number of nitrogen functional groups attached to an aromatic ring is 1. The number of anilines is 1. The molecule has 0 aliphatic heterocycles. The third kappa shape index (κ3) is 2.28. The van der Waals surface area contributed by atoms with Gasteiger partial charge in [-0.3, -0.25) is 5.10 Å². The number of hydrogen-bond acceptors (Lipinski definition) is 5. The molecule has 0 saturated heterocycles. The van der Waals surface area contributed by atoms with Gasteiger partial charge in [0.25, 0.3) is 0 Å². The van der Waals surface area contributed by atoms with E-state index in [1.54, 1.807) is 17.9 Å². The van der Waals surface area contributed by atoms with Crippen LogP contribution in [0.3, 0.4) is 0 Å². The Morgan fingerprint density at radius 2 is 2.35 bits per heavy atom. The Bertz CT molecular complexity index is 724. The third-order valence-corrected chi connectivity index (χ3v) is 4.13. The number of aryl methyl sites for hydroxylation is 1. The zero-order chi connectivity index (χ0) is 14.1. The molecule has 2 radical (unpaired) electrons. The lowest BCUT2D eigenvalue weighted by atomic mass is 10.2. The average molecular weight is 285 g/mol. The molecular formula is C14H15N5S. The van der Waals surface area contributed by atoms with Crippen molar-refractivity contribution in [3.63, 3.8) is 0 Å². The Labute approximate surface area is 121 Å². The van der Waals surface area contributed by atoms with Crippen LogP contribution in [0.4, 0.5) is 5.82 Å². The normalized spacial score (nSPS) is 11.3. The summed E-state index contributed by atoms with van der Waals surface area (Å²) in [7, 11) is 0. The number of aromatic nitrogens is 3. The minimum Gasteiger partial charge on any atom is -0.383 e. The van der Waals surface area contributed by atoms with E-state index in [1.807, 2.05) is 13.0 Å². The Hall–Kier alpha value is -1.92. The Balaban J connectivity index is 2.02. The van der Waals surface area contributed by atoms with Crippen LogP contribution in [0.2, 0.25) is 0 Å². The molecule has 3 rings (SSSR count). The van der Waals surface area contributed by atoms with Crippen molar-refractivity contribution in [3.8, 4) is 10.6 Å². The van der Waals surface area contributed by atoms with Crippen LogP contribution in [0.1, 0.15) is 11.3 Å². The summed E-state index contributed by atoms with van der Waals surface area (Å²) in [5.74, 6) is 0.565. The summed E-state index contributed by atoms with van der Waals surface area (Å²) in [5.41, 5.74) is 9.87. The minimum absolute atomic E-state index is 0.565. The van der Waals surface area contributed by atoms with Crippen molar-refractivity contribution >= 4 is 27.4 Å². The van der Waals surface area contributed by atoms with E-state index in [2.05, 4.69) is 39.6 Å². The first kappa shape index (κ1) is 13.1. The smallest absolute Gasteiger partial charge is 0.130 e. The number of nitrogens with zero attached hydrogens (tertiary/aromatic N) is 2. The molecule has 0 spiro atoms. The minimum atomic E-state index is 0.565. The first-order valence-corrected chi connectivity index (χ1v) is 7.05. The Kier molecular flexibility index (Phi) is 3.42. The van der Waals surface area contributed by atoms with E-state index in [1.165, 1.54) is 5.56 Å². The highest BCUT2D eigenvalue weighted by atomic mass is 32.1. The number of H-pyrrole nitrogens is 1. The number of aromatic amines is 1. The number of nitrogens with one attached hydrogen (secondary N) is 2. The zero-order valence-corrected chi connectivity index (χ0v) is 11.9. The molecule has 1 aromatic carbocycles. The first-order valence-electron chi connectivity index (χ1n) is 6.23. The zero-order valence-electron chi connectivity index (χ0n) is 11.1. The maximum Gasteiger partial charge on any atom is 0.130 e. The van der Waals surface area contributed by atoms with Crippen molar-refractivity contribution in [2.45, 2.75) is 13.5 Å². The fraction of sp³-hybridized carbons (Fsp3) is 0.143. The molecular weight excluding hydrogens is 270 g/mol. The van der Waals surface area contributed by atoms with Crippen molar-refractivity contribution in [2.24, 2.45) is 0 Å². The molecule has 0 aliphatic carbocycles. The molecule has 0 unspecified atom stereocenters. The van der Waals surface area contributed by atoms with Crippen molar-refractivity contribution in [1.29, 1.82) is 0 Å². The predicted octanol–water partition coefficient (Wildman–Crippen LogP) is 2.66. The van der Waals surface area contributed by atoms with Gasteiger partial charge in [-0.2, -0.15) is 5.10 Å². The average Bonchev–Trinajstić information content (AvgIpc) is 2.99. The van der Waals surface area contributed by atoms with Crippen LogP contribution in [0.25, 0.3) is 20.8 Å². The van der Waals surface area contributed by atoms with Gasteiger partial charge in [0, 0.05) is 13.1 Å². The van der Waals surface area contributed by atoms with Crippen molar-refractivity contribution < 1.29 is 0 Å². The van der Waals surface area contributed by atoms with Gasteiger partial charge in [-0.1, -0.05) is 6.07 Å². The number of thiazole rings is 1. The number of rotatable bonds is 4. The summed E-state index contributed by atoms with van der Waals surface area (Å²) in [6, 6.07) is 6.23. The fourth-order valence-electron chi connectivity index (χ4n) is 2.10. The lowest BCUT2D eigenvalue weighted by Crippen LogP contribution is -2.06. The van der Waals surface area contributed by atoms with Gasteiger partial charge in [0.2, 0.25) is 0 Å². The monoisotopic (exact) mass is 285 g/mol. The van der Waals surface area contributed by atoms with Gasteiger partial charge < -0.3 is 11.1 Å². The predicted molar refractivity (Wildman–Crippen MR) is 82.8 cm³/mol. The fourth-order valence-corrected chi connectivity index (χ4v) is 3.24. The molecule has 4 N–H and O–H groups in total. The van der Waals surface area contributed by atoms with E-state index in [9.17, 15) is 0 Å². The maximum absolute atomic E-state index is 5.92. The Morgan fingerprint density at radius 3 is 3.05 bits per heavy atom. The third-order valence-electron chi connectivity index (χ3n) is 3.09. The highest BCUT2D eigenvalue weighted by Gasteiger charge is 2.14. The molecule has 6 heteroatoms. The van der Waals surface area contributed by atoms with Crippen molar-refractivity contribution in [3.05, 3.63) is 42.9 Å². The second-order valence-electron chi connectivity index (χ2n) is 4.50. The topological polar surface area (TPSA) is 79.6 Å². The van der Waals surface area contributed by atoms with Crippen LogP contribution in [-0.4, -0.2) is 15.2 Å². The molecule has 5 nitrogen and oxygen atoms in total. The van der Waals surface area contributed by atoms with E-state index in [0.717, 1.165) is 33.0 Å². The summed E-state index contributed by atoms with van der Waals surface area (Å²) < 4.78 is 1.14. The highest BCUT2D eigenvalue weighted by Crippen LogP contribution is 2.34. The molecule has 0 amide bonds. The number of fused-ring (bicyclic) bond motifs is 1. The number of nitrogens with two attached hydrogens (primary N) is 1. The van der Waals surface area contributed by atoms with Crippen LogP contribution in [0.15, 0.2) is 18.2 Å². The van der Waals surface area contributed by atoms with Gasteiger partial charge >= 0.3 is 0 Å². The van der Waals surface area contributed by atoms with Gasteiger partial charge in [0.1, 0.15) is 10.8 Å². The summed E-state index contributed by atoms with van der Waals surface area (Å²) in [6.45, 7) is 8.03. The SMILES string of the molecule is [CH2][CH]NCc1ccc2nc(-c3c(C)n[nH]c3N)sc2c1. The lowest BCUT2D eigenvalue weighted by molar-refractivity contribution is 0.828. The van der Waals surface area contributed by atoms with Crippen LogP contribution in [-0.2, 0) is 6.54 Å². The molecule has 2 aromatic heterocycles. The summed E-state index contributed by atoms with van der Waals surface area (Å²) >= 11 is 1.63. The second kappa shape index (κ2) is 5.22. The Morgan fingerprint density at radius 1 is 1.50 bits per heavy atom. The molecule has 0 aliphatic rings. The summed E-state index contributed by atoms with van der Waals surface area (Å²) in [6.07, 6.45) is 0. The quantitative estimate of drug-likeness (QED) is 0.688. The molecule has 2 heterocycles. The van der Waals surface area contributed by atoms with Crippen molar-refractivity contribution in [2.75, 3.05) is 5.73 Å². The van der Waals surface area contributed by atoms with Crippen LogP contribution in [0, 0.1) is 20.4 Å². The molecule has 0 atom stereocenters. The molecule has 0 saturated carbocycles. The van der Waals surface area contributed by atoms with E-state index < -0.39 is 0 Å². The van der Waals surface area contributed by atoms with Gasteiger partial charge in [-0.25, -0.2) is 4.98 Å². The van der Waals surface area contributed by atoms with Gasteiger partial charge in [-0.05, 0) is 31.5 Å². The first-order chi connectivity index (χ1) is 9.69. The van der Waals surface area contributed by atoms with Crippen molar-refractivity contribution in [1.82, 2.24) is 20.5 Å². The molecule has 102 valence electrons. The second-order valence-corrected chi connectivity index (χ2v) is 5.53. The molecule has 0 fully saturated rings. The standard InChI is InChI=1S/C14H15N5S/c1-3-16-7-9-4-5-10-11(6-9)20-14(17-10)12-8(2)18-19-13(12)15/h3-6,16H,1,7H2,2H3,(H3,15,18,19). The largest absolute Gasteiger partial charge is 0.383 e.